The van der Waals surface area contributed by atoms with Crippen LogP contribution < -0.4 is 5.32 Å². The molecule has 0 saturated carbocycles. The number of rotatable bonds is 5. The maximum absolute atomic E-state index is 3.56. The Bertz CT molecular complexity index is 564. The first kappa shape index (κ1) is 15.7. The van der Waals surface area contributed by atoms with Crippen LogP contribution in [0.25, 0.3) is 0 Å². The molecular formula is C17H19Br2N. The van der Waals surface area contributed by atoms with Crippen LogP contribution in [0.5, 0.6) is 0 Å². The molecule has 0 aliphatic carbocycles. The van der Waals surface area contributed by atoms with E-state index in [2.05, 4.69) is 93.5 Å². The normalized spacial score (nSPS) is 12.4. The van der Waals surface area contributed by atoms with Gasteiger partial charge in [0.1, 0.15) is 0 Å². The average molecular weight is 397 g/mol. The largest absolute Gasteiger partial charge is 0.306 e. The summed E-state index contributed by atoms with van der Waals surface area (Å²) in [5.74, 6) is 0. The zero-order valence-corrected chi connectivity index (χ0v) is 15.0. The SMILES string of the molecule is CCc1ccc(C(C)NCc2ccc(Br)c(Br)c2)cc1. The number of hydrogen-bond acceptors (Lipinski definition) is 1. The molecule has 1 N–H and O–H groups in total. The van der Waals surface area contributed by atoms with Crippen LogP contribution in [0, 0.1) is 0 Å². The van der Waals surface area contributed by atoms with E-state index in [9.17, 15) is 0 Å². The fraction of sp³-hybridized carbons (Fsp3) is 0.294. The summed E-state index contributed by atoms with van der Waals surface area (Å²) < 4.78 is 2.18. The first-order valence-electron chi connectivity index (χ1n) is 6.86. The molecule has 0 saturated heterocycles. The Hall–Kier alpha value is -0.640. The average Bonchev–Trinajstić information content (AvgIpc) is 2.48. The summed E-state index contributed by atoms with van der Waals surface area (Å²) in [4.78, 5) is 0. The summed E-state index contributed by atoms with van der Waals surface area (Å²) in [7, 11) is 0. The highest BCUT2D eigenvalue weighted by atomic mass is 79.9. The third-order valence-corrected chi connectivity index (χ3v) is 5.36. The van der Waals surface area contributed by atoms with Gasteiger partial charge in [-0.3, -0.25) is 0 Å². The molecule has 0 aliphatic heterocycles. The topological polar surface area (TPSA) is 12.0 Å². The summed E-state index contributed by atoms with van der Waals surface area (Å²) in [5, 5.41) is 3.56. The number of hydrogen-bond donors (Lipinski definition) is 1. The summed E-state index contributed by atoms with van der Waals surface area (Å²) in [6.45, 7) is 5.25. The van der Waals surface area contributed by atoms with Gasteiger partial charge in [0.2, 0.25) is 0 Å². The second-order valence-electron chi connectivity index (χ2n) is 4.95. The first-order chi connectivity index (χ1) is 9.60. The Balaban J connectivity index is 1.96. The lowest BCUT2D eigenvalue weighted by Gasteiger charge is -2.15. The standard InChI is InChI=1S/C17H19Br2N/c1-3-13-4-7-15(8-5-13)12(2)20-11-14-6-9-16(18)17(19)10-14/h4-10,12,20H,3,11H2,1-2H3. The number of benzene rings is 2. The third-order valence-electron chi connectivity index (χ3n) is 3.48. The molecule has 0 spiro atoms. The van der Waals surface area contributed by atoms with Crippen molar-refractivity contribution >= 4 is 31.9 Å². The van der Waals surface area contributed by atoms with Gasteiger partial charge in [0.05, 0.1) is 0 Å². The molecule has 106 valence electrons. The van der Waals surface area contributed by atoms with Crippen molar-refractivity contribution in [2.45, 2.75) is 32.9 Å². The molecule has 0 aliphatic rings. The van der Waals surface area contributed by atoms with E-state index in [4.69, 9.17) is 0 Å². The highest BCUT2D eigenvalue weighted by Crippen LogP contribution is 2.24. The Morgan fingerprint density at radius 2 is 1.60 bits per heavy atom. The summed E-state index contributed by atoms with van der Waals surface area (Å²) in [5.41, 5.74) is 3.99. The van der Waals surface area contributed by atoms with Gasteiger partial charge in [-0.25, -0.2) is 0 Å². The molecular weight excluding hydrogens is 378 g/mol. The highest BCUT2D eigenvalue weighted by Gasteiger charge is 2.05. The molecule has 20 heavy (non-hydrogen) atoms. The van der Waals surface area contributed by atoms with Gasteiger partial charge < -0.3 is 5.32 Å². The van der Waals surface area contributed by atoms with Gasteiger partial charge in [0.25, 0.3) is 0 Å². The van der Waals surface area contributed by atoms with E-state index in [0.29, 0.717) is 6.04 Å². The molecule has 2 rings (SSSR count). The van der Waals surface area contributed by atoms with Gasteiger partial charge in [-0.15, -0.1) is 0 Å². The molecule has 0 amide bonds. The molecule has 0 radical (unpaired) electrons. The van der Waals surface area contributed by atoms with Gasteiger partial charge in [0, 0.05) is 21.5 Å². The van der Waals surface area contributed by atoms with Crippen molar-refractivity contribution in [1.29, 1.82) is 0 Å². The molecule has 0 heterocycles. The second kappa shape index (κ2) is 7.39. The van der Waals surface area contributed by atoms with Crippen molar-refractivity contribution in [1.82, 2.24) is 5.32 Å². The van der Waals surface area contributed by atoms with Crippen LogP contribution in [0.1, 0.15) is 36.6 Å². The molecule has 1 atom stereocenters. The Morgan fingerprint density at radius 1 is 0.950 bits per heavy atom. The van der Waals surface area contributed by atoms with Gasteiger partial charge in [0.15, 0.2) is 0 Å². The first-order valence-corrected chi connectivity index (χ1v) is 8.45. The van der Waals surface area contributed by atoms with Crippen molar-refractivity contribution in [3.63, 3.8) is 0 Å². The van der Waals surface area contributed by atoms with Crippen LogP contribution >= 0.6 is 31.9 Å². The zero-order chi connectivity index (χ0) is 14.5. The van der Waals surface area contributed by atoms with Gasteiger partial charge in [-0.2, -0.15) is 0 Å². The minimum atomic E-state index is 0.350. The Labute approximate surface area is 138 Å². The van der Waals surface area contributed by atoms with Crippen molar-refractivity contribution in [2.75, 3.05) is 0 Å². The van der Waals surface area contributed by atoms with Crippen LogP contribution in [-0.4, -0.2) is 0 Å². The monoisotopic (exact) mass is 395 g/mol. The van der Waals surface area contributed by atoms with E-state index in [0.717, 1.165) is 21.9 Å². The number of nitrogens with one attached hydrogen (secondary N) is 1. The zero-order valence-electron chi connectivity index (χ0n) is 11.8. The molecule has 0 aromatic heterocycles. The van der Waals surface area contributed by atoms with E-state index in [1.807, 2.05) is 0 Å². The van der Waals surface area contributed by atoms with Crippen molar-refractivity contribution in [3.8, 4) is 0 Å². The lowest BCUT2D eigenvalue weighted by molar-refractivity contribution is 0.574. The minimum Gasteiger partial charge on any atom is -0.306 e. The molecule has 3 heteroatoms. The molecule has 0 bridgehead atoms. The molecule has 2 aromatic rings. The van der Waals surface area contributed by atoms with E-state index in [1.54, 1.807) is 0 Å². The van der Waals surface area contributed by atoms with Crippen molar-refractivity contribution in [3.05, 3.63) is 68.1 Å². The van der Waals surface area contributed by atoms with Crippen LogP contribution in [-0.2, 0) is 13.0 Å². The summed E-state index contributed by atoms with van der Waals surface area (Å²) in [6.07, 6.45) is 1.09. The molecule has 2 aromatic carbocycles. The van der Waals surface area contributed by atoms with Crippen LogP contribution in [0.3, 0.4) is 0 Å². The molecule has 0 fully saturated rings. The van der Waals surface area contributed by atoms with E-state index in [-0.39, 0.29) is 0 Å². The van der Waals surface area contributed by atoms with Crippen LogP contribution in [0.15, 0.2) is 51.4 Å². The quantitative estimate of drug-likeness (QED) is 0.690. The lowest BCUT2D eigenvalue weighted by atomic mass is 10.0. The van der Waals surface area contributed by atoms with Crippen LogP contribution in [0.4, 0.5) is 0 Å². The smallest absolute Gasteiger partial charge is 0.0320 e. The Morgan fingerprint density at radius 3 is 2.20 bits per heavy atom. The van der Waals surface area contributed by atoms with Crippen molar-refractivity contribution in [2.24, 2.45) is 0 Å². The maximum atomic E-state index is 3.56. The van der Waals surface area contributed by atoms with Gasteiger partial charge >= 0.3 is 0 Å². The van der Waals surface area contributed by atoms with Gasteiger partial charge in [-0.1, -0.05) is 37.3 Å². The predicted molar refractivity (Wildman–Crippen MR) is 92.9 cm³/mol. The number of aryl methyl sites for hydroxylation is 1. The maximum Gasteiger partial charge on any atom is 0.0320 e. The fourth-order valence-corrected chi connectivity index (χ4v) is 2.75. The minimum absolute atomic E-state index is 0.350. The van der Waals surface area contributed by atoms with E-state index in [1.165, 1.54) is 16.7 Å². The van der Waals surface area contributed by atoms with Crippen molar-refractivity contribution < 1.29 is 0 Å². The predicted octanol–water partition coefficient (Wildman–Crippen LogP) is 5.62. The second-order valence-corrected chi connectivity index (χ2v) is 6.65. The summed E-state index contributed by atoms with van der Waals surface area (Å²) in [6, 6.07) is 15.6. The summed E-state index contributed by atoms with van der Waals surface area (Å²) >= 11 is 7.03. The Kier molecular flexibility index (Phi) is 5.82. The fourth-order valence-electron chi connectivity index (χ4n) is 2.08. The molecule has 1 nitrogen and oxygen atoms in total. The van der Waals surface area contributed by atoms with Crippen LogP contribution in [0.2, 0.25) is 0 Å². The highest BCUT2D eigenvalue weighted by molar-refractivity contribution is 9.13. The number of halogens is 2. The lowest BCUT2D eigenvalue weighted by Crippen LogP contribution is -2.18. The third kappa shape index (κ3) is 4.18. The van der Waals surface area contributed by atoms with E-state index >= 15 is 0 Å². The molecule has 1 unspecified atom stereocenters. The van der Waals surface area contributed by atoms with E-state index < -0.39 is 0 Å². The van der Waals surface area contributed by atoms with Gasteiger partial charge in [-0.05, 0) is 74.0 Å².